The summed E-state index contributed by atoms with van der Waals surface area (Å²) in [6, 6.07) is 6.84. The van der Waals surface area contributed by atoms with Gasteiger partial charge in [0.15, 0.2) is 0 Å². The van der Waals surface area contributed by atoms with Crippen molar-refractivity contribution in [3.8, 4) is 0 Å². The van der Waals surface area contributed by atoms with E-state index in [1.165, 1.54) is 0 Å². The van der Waals surface area contributed by atoms with Gasteiger partial charge in [0, 0.05) is 32.7 Å². The Bertz CT molecular complexity index is 759. The lowest BCUT2D eigenvalue weighted by atomic mass is 10.1. The average molecular weight is 475 g/mol. The number of ether oxygens (including phenoxy) is 1. The number of hydrogen-bond donors (Lipinski definition) is 1. The second-order valence-corrected chi connectivity index (χ2v) is 10.2. The largest absolute Gasteiger partial charge is 0.478 e. The Kier molecular flexibility index (Phi) is 10.2. The molecule has 174 valence electrons. The van der Waals surface area contributed by atoms with E-state index in [1.54, 1.807) is 26.0 Å². The Morgan fingerprint density at radius 1 is 1.06 bits per heavy atom. The zero-order valence-corrected chi connectivity index (χ0v) is 20.3. The molecule has 1 saturated heterocycles. The Morgan fingerprint density at radius 2 is 1.65 bits per heavy atom. The summed E-state index contributed by atoms with van der Waals surface area (Å²) < 4.78 is 42.3. The molecule has 2 rings (SSSR count). The first kappa shape index (κ1) is 26.1. The molecule has 1 aromatic carbocycles. The zero-order valence-electron chi connectivity index (χ0n) is 18.4. The van der Waals surface area contributed by atoms with Crippen molar-refractivity contribution in [1.82, 2.24) is 9.80 Å². The molecular weight excluding hydrogens is 442 g/mol. The molecule has 0 bridgehead atoms. The van der Waals surface area contributed by atoms with Crippen LogP contribution in [0.15, 0.2) is 24.3 Å². The first-order valence-electron chi connectivity index (χ1n) is 10.5. The third-order valence-corrected chi connectivity index (χ3v) is 8.47. The van der Waals surface area contributed by atoms with Crippen LogP contribution in [-0.2, 0) is 29.5 Å². The predicted octanol–water partition coefficient (Wildman–Crippen LogP) is 3.48. The number of nitrogens with zero attached hydrogens (tertiary/aromatic N) is 2. The molecule has 0 spiro atoms. The van der Waals surface area contributed by atoms with Gasteiger partial charge in [-0.2, -0.15) is 0 Å². The maximum Gasteiger partial charge on any atom is 0.377 e. The maximum absolute atomic E-state index is 13.1. The molecule has 1 N–H and O–H groups in total. The van der Waals surface area contributed by atoms with E-state index in [1.807, 2.05) is 24.0 Å². The van der Waals surface area contributed by atoms with Crippen LogP contribution in [0.25, 0.3) is 0 Å². The fraction of sp³-hybridized carbons (Fsp3) is 0.650. The van der Waals surface area contributed by atoms with Gasteiger partial charge in [0.25, 0.3) is 0 Å². The van der Waals surface area contributed by atoms with Gasteiger partial charge in [-0.15, -0.1) is 0 Å². The van der Waals surface area contributed by atoms with E-state index in [0.29, 0.717) is 39.3 Å². The second kappa shape index (κ2) is 12.2. The molecule has 0 aromatic heterocycles. The molecule has 1 aliphatic rings. The van der Waals surface area contributed by atoms with Crippen LogP contribution in [-0.4, -0.2) is 78.5 Å². The van der Waals surface area contributed by atoms with Crippen LogP contribution in [0.5, 0.6) is 0 Å². The van der Waals surface area contributed by atoms with Crippen molar-refractivity contribution in [2.75, 3.05) is 52.2 Å². The molecular formula is C20H33N2O7P2+. The molecule has 11 heteroatoms. The summed E-state index contributed by atoms with van der Waals surface area (Å²) in [4.78, 5) is 15.2. The fourth-order valence-electron chi connectivity index (χ4n) is 3.66. The summed E-state index contributed by atoms with van der Waals surface area (Å²) in [6.07, 6.45) is -0.0892. The van der Waals surface area contributed by atoms with E-state index in [0.717, 1.165) is 5.56 Å². The highest BCUT2D eigenvalue weighted by Gasteiger charge is 2.53. The van der Waals surface area contributed by atoms with Crippen molar-refractivity contribution in [3.05, 3.63) is 35.4 Å². The van der Waals surface area contributed by atoms with Crippen molar-refractivity contribution in [2.45, 2.75) is 32.8 Å². The van der Waals surface area contributed by atoms with Gasteiger partial charge in [-0.3, -0.25) is 9.46 Å². The number of benzene rings is 1. The van der Waals surface area contributed by atoms with Crippen LogP contribution in [0.2, 0.25) is 0 Å². The minimum atomic E-state index is -3.46. The maximum atomic E-state index is 13.1. The topological polar surface area (TPSA) is 106 Å². The zero-order chi connectivity index (χ0) is 22.9. The number of rotatable bonds is 13. The molecule has 31 heavy (non-hydrogen) atoms. The van der Waals surface area contributed by atoms with Crippen LogP contribution in [0.1, 0.15) is 36.7 Å². The Hall–Kier alpha value is -1.18. The lowest BCUT2D eigenvalue weighted by Crippen LogP contribution is -2.57. The van der Waals surface area contributed by atoms with E-state index < -0.39 is 27.5 Å². The van der Waals surface area contributed by atoms with Gasteiger partial charge >= 0.3 is 27.5 Å². The molecule has 1 fully saturated rings. The molecule has 0 radical (unpaired) electrons. The fourth-order valence-corrected chi connectivity index (χ4v) is 6.92. The number of hydrogen-bond acceptors (Lipinski definition) is 8. The number of carboxylic acids is 1. The van der Waals surface area contributed by atoms with Crippen LogP contribution in [0.3, 0.4) is 0 Å². The predicted molar refractivity (Wildman–Crippen MR) is 119 cm³/mol. The first-order chi connectivity index (χ1) is 14.8. The molecule has 0 saturated carbocycles. The van der Waals surface area contributed by atoms with E-state index in [9.17, 15) is 13.9 Å². The van der Waals surface area contributed by atoms with E-state index in [4.69, 9.17) is 18.9 Å². The minimum Gasteiger partial charge on any atom is -0.478 e. The number of carbonyl (C=O) groups is 1. The number of carboxylic acid groups (broad SMARTS) is 1. The summed E-state index contributed by atoms with van der Waals surface area (Å²) in [5.74, 6) is -0.942. The molecule has 9 nitrogen and oxygen atoms in total. The van der Waals surface area contributed by atoms with Gasteiger partial charge in [0.1, 0.15) is 6.16 Å². The van der Waals surface area contributed by atoms with Crippen molar-refractivity contribution < 1.29 is 32.8 Å². The van der Waals surface area contributed by atoms with E-state index in [2.05, 4.69) is 4.90 Å². The first-order valence-corrected chi connectivity index (χ1v) is 13.2. The summed E-state index contributed by atoms with van der Waals surface area (Å²) in [5.41, 5.74) is 0.0704. The normalized spacial score (nSPS) is 18.2. The average Bonchev–Trinajstić information content (AvgIpc) is 2.74. The monoisotopic (exact) mass is 475 g/mol. The Morgan fingerprint density at radius 3 is 2.10 bits per heavy atom. The van der Waals surface area contributed by atoms with Gasteiger partial charge in [0.05, 0.1) is 25.4 Å². The van der Waals surface area contributed by atoms with Crippen molar-refractivity contribution in [1.29, 1.82) is 0 Å². The quantitative estimate of drug-likeness (QED) is 0.429. The second-order valence-electron chi connectivity index (χ2n) is 7.19. The third-order valence-electron chi connectivity index (χ3n) is 5.09. The summed E-state index contributed by atoms with van der Waals surface area (Å²) >= 11 is 0. The minimum absolute atomic E-state index is 0.0892. The SMILES string of the molecule is CCOC(CP(=O)(OCC)OCC)([PH+]=O)N1CCN(Cc2ccc(C(=O)O)cc2)CC1. The third kappa shape index (κ3) is 7.16. The standard InChI is InChI=1S/C20H32N2O7P2/c1-4-27-20(30-25,16-31(26,28-5-2)29-6-3)22-13-11-21(12-14-22)15-17-7-9-18(10-8-17)19(23)24/h7-10H,4-6,11-16H2,1-3H3,(H,23,24)/p+1. The summed E-state index contributed by atoms with van der Waals surface area (Å²) in [5, 5.41) is 9.03. The lowest BCUT2D eigenvalue weighted by Gasteiger charge is -2.40. The molecule has 2 atom stereocenters. The van der Waals surface area contributed by atoms with Crippen LogP contribution in [0.4, 0.5) is 0 Å². The number of piperazine rings is 1. The van der Waals surface area contributed by atoms with Crippen molar-refractivity contribution >= 4 is 22.0 Å². The van der Waals surface area contributed by atoms with Crippen LogP contribution in [0, 0.1) is 0 Å². The summed E-state index contributed by atoms with van der Waals surface area (Å²) in [6.45, 7) is 9.35. The molecule has 0 amide bonds. The van der Waals surface area contributed by atoms with Crippen molar-refractivity contribution in [2.24, 2.45) is 0 Å². The molecule has 0 aliphatic carbocycles. The van der Waals surface area contributed by atoms with Gasteiger partial charge in [-0.1, -0.05) is 16.7 Å². The lowest BCUT2D eigenvalue weighted by molar-refractivity contribution is -0.0920. The molecule has 1 heterocycles. The van der Waals surface area contributed by atoms with Gasteiger partial charge in [-0.25, -0.2) is 9.69 Å². The Labute approximate surface area is 185 Å². The van der Waals surface area contributed by atoms with E-state index in [-0.39, 0.29) is 24.9 Å². The highest BCUT2D eigenvalue weighted by molar-refractivity contribution is 7.54. The Balaban J connectivity index is 2.07. The molecule has 2 unspecified atom stereocenters. The van der Waals surface area contributed by atoms with Gasteiger partial charge in [0.2, 0.25) is 0 Å². The highest BCUT2D eigenvalue weighted by Crippen LogP contribution is 2.54. The van der Waals surface area contributed by atoms with Crippen LogP contribution < -0.4 is 0 Å². The molecule has 1 aliphatic heterocycles. The smallest absolute Gasteiger partial charge is 0.377 e. The van der Waals surface area contributed by atoms with Crippen molar-refractivity contribution in [3.63, 3.8) is 0 Å². The van der Waals surface area contributed by atoms with Gasteiger partial charge < -0.3 is 18.9 Å². The van der Waals surface area contributed by atoms with E-state index >= 15 is 0 Å². The van der Waals surface area contributed by atoms with Crippen LogP contribution >= 0.6 is 16.1 Å². The van der Waals surface area contributed by atoms with Gasteiger partial charge in [-0.05, 0) is 38.5 Å². The summed E-state index contributed by atoms with van der Waals surface area (Å²) in [7, 11) is -4.31. The number of aromatic carboxylic acids is 1. The molecule has 1 aromatic rings. The highest BCUT2D eigenvalue weighted by atomic mass is 31.2.